The van der Waals surface area contributed by atoms with E-state index in [1.807, 2.05) is 0 Å². The summed E-state index contributed by atoms with van der Waals surface area (Å²) in [7, 11) is 0. The summed E-state index contributed by atoms with van der Waals surface area (Å²) in [5, 5.41) is 8.95. The fraction of sp³-hybridized carbons (Fsp3) is 0.667. The van der Waals surface area contributed by atoms with Crippen molar-refractivity contribution < 1.29 is 9.84 Å². The van der Waals surface area contributed by atoms with Crippen LogP contribution in [0.2, 0.25) is 0 Å². The maximum atomic E-state index is 8.95. The second kappa shape index (κ2) is 5.80. The molecule has 1 aliphatic rings. The number of aromatic nitrogens is 2. The molecule has 0 aromatic carbocycles. The molecule has 0 radical (unpaired) electrons. The van der Waals surface area contributed by atoms with Gasteiger partial charge in [0.25, 0.3) is 0 Å². The summed E-state index contributed by atoms with van der Waals surface area (Å²) in [5.41, 5.74) is 0.561. The highest BCUT2D eigenvalue weighted by Crippen LogP contribution is 2.21. The molecule has 4 heteroatoms. The van der Waals surface area contributed by atoms with Gasteiger partial charge in [-0.2, -0.15) is 0 Å². The minimum atomic E-state index is -0.0884. The Bertz CT molecular complexity index is 323. The zero-order chi connectivity index (χ0) is 11.2. The van der Waals surface area contributed by atoms with E-state index in [1.54, 1.807) is 12.4 Å². The largest absolute Gasteiger partial charge is 0.473 e. The smallest absolute Gasteiger partial charge is 0.232 e. The third-order valence-electron chi connectivity index (χ3n) is 2.91. The molecule has 2 rings (SSSR count). The van der Waals surface area contributed by atoms with Gasteiger partial charge in [-0.05, 0) is 25.7 Å². The molecule has 0 aliphatic heterocycles. The van der Waals surface area contributed by atoms with Crippen LogP contribution in [0, 0.1) is 0 Å². The van der Waals surface area contributed by atoms with Crippen molar-refractivity contribution in [3.8, 4) is 5.88 Å². The lowest BCUT2D eigenvalue weighted by Gasteiger charge is -2.15. The van der Waals surface area contributed by atoms with Gasteiger partial charge in [0.15, 0.2) is 0 Å². The lowest BCUT2D eigenvalue weighted by molar-refractivity contribution is 0.173. The first-order valence-corrected chi connectivity index (χ1v) is 5.97. The van der Waals surface area contributed by atoms with E-state index in [4.69, 9.17) is 9.84 Å². The summed E-state index contributed by atoms with van der Waals surface area (Å²) in [4.78, 5) is 8.18. The Morgan fingerprint density at radius 2 is 1.94 bits per heavy atom. The third kappa shape index (κ3) is 3.17. The summed E-state index contributed by atoms with van der Waals surface area (Å²) in [5.74, 6) is 0.540. The van der Waals surface area contributed by atoms with Crippen LogP contribution in [0.15, 0.2) is 12.4 Å². The highest BCUT2D eigenvalue weighted by atomic mass is 16.5. The first-order valence-electron chi connectivity index (χ1n) is 5.97. The molecule has 16 heavy (non-hydrogen) atoms. The van der Waals surface area contributed by atoms with Crippen molar-refractivity contribution in [2.45, 2.75) is 51.2 Å². The van der Waals surface area contributed by atoms with Crippen LogP contribution in [-0.2, 0) is 6.61 Å². The molecule has 1 N–H and O–H groups in total. The molecule has 0 saturated heterocycles. The molecule has 4 nitrogen and oxygen atoms in total. The summed E-state index contributed by atoms with van der Waals surface area (Å²) < 4.78 is 5.79. The Labute approximate surface area is 95.7 Å². The average Bonchev–Trinajstić information content (AvgIpc) is 2.58. The van der Waals surface area contributed by atoms with Crippen LogP contribution in [0.4, 0.5) is 0 Å². The lowest BCUT2D eigenvalue weighted by Crippen LogP contribution is -2.16. The van der Waals surface area contributed by atoms with Gasteiger partial charge in [-0.15, -0.1) is 0 Å². The average molecular weight is 222 g/mol. The molecule has 1 aromatic rings. The number of hydrogen-bond acceptors (Lipinski definition) is 4. The maximum absolute atomic E-state index is 8.95. The van der Waals surface area contributed by atoms with Gasteiger partial charge in [-0.25, -0.2) is 4.98 Å². The fourth-order valence-electron chi connectivity index (χ4n) is 2.05. The quantitative estimate of drug-likeness (QED) is 0.795. The summed E-state index contributed by atoms with van der Waals surface area (Å²) in [6.07, 6.45) is 10.7. The van der Waals surface area contributed by atoms with Crippen molar-refractivity contribution in [3.63, 3.8) is 0 Å². The molecule has 1 saturated carbocycles. The first-order chi connectivity index (χ1) is 7.88. The van der Waals surface area contributed by atoms with Gasteiger partial charge in [0.05, 0.1) is 24.7 Å². The SMILES string of the molecule is OCc1cncc(OC2CCCCCC2)n1. The van der Waals surface area contributed by atoms with Crippen LogP contribution in [0.5, 0.6) is 5.88 Å². The Morgan fingerprint density at radius 3 is 2.62 bits per heavy atom. The third-order valence-corrected chi connectivity index (χ3v) is 2.91. The van der Waals surface area contributed by atoms with Crippen molar-refractivity contribution >= 4 is 0 Å². The van der Waals surface area contributed by atoms with Crippen LogP contribution in [0.25, 0.3) is 0 Å². The second-order valence-corrected chi connectivity index (χ2v) is 4.24. The molecule has 1 heterocycles. The van der Waals surface area contributed by atoms with Crippen LogP contribution in [0.3, 0.4) is 0 Å². The minimum Gasteiger partial charge on any atom is -0.473 e. The number of hydrogen-bond donors (Lipinski definition) is 1. The molecule has 0 bridgehead atoms. The van der Waals surface area contributed by atoms with Crippen LogP contribution in [-0.4, -0.2) is 21.2 Å². The van der Waals surface area contributed by atoms with Crippen LogP contribution in [0.1, 0.15) is 44.2 Å². The lowest BCUT2D eigenvalue weighted by atomic mass is 10.1. The van der Waals surface area contributed by atoms with Gasteiger partial charge in [0.2, 0.25) is 5.88 Å². The molecule has 1 aromatic heterocycles. The fourth-order valence-corrected chi connectivity index (χ4v) is 2.05. The highest BCUT2D eigenvalue weighted by molar-refractivity contribution is 5.08. The normalized spacial score (nSPS) is 18.1. The minimum absolute atomic E-state index is 0.0884. The summed E-state index contributed by atoms with van der Waals surface area (Å²) in [6.45, 7) is -0.0884. The Morgan fingerprint density at radius 1 is 1.19 bits per heavy atom. The Kier molecular flexibility index (Phi) is 4.10. The van der Waals surface area contributed by atoms with E-state index >= 15 is 0 Å². The number of rotatable bonds is 3. The Balaban J connectivity index is 1.96. The Hall–Kier alpha value is -1.16. The predicted molar refractivity (Wildman–Crippen MR) is 60.1 cm³/mol. The summed E-state index contributed by atoms with van der Waals surface area (Å²) >= 11 is 0. The zero-order valence-electron chi connectivity index (χ0n) is 9.43. The standard InChI is InChI=1S/C12H18N2O2/c15-9-10-7-13-8-12(14-10)16-11-5-3-1-2-4-6-11/h7-8,11,15H,1-6,9H2. The molecule has 1 fully saturated rings. The van der Waals surface area contributed by atoms with Gasteiger partial charge in [0.1, 0.15) is 6.10 Å². The van der Waals surface area contributed by atoms with E-state index in [2.05, 4.69) is 9.97 Å². The van der Waals surface area contributed by atoms with Crippen molar-refractivity contribution in [2.24, 2.45) is 0 Å². The molecular formula is C12H18N2O2. The number of ether oxygens (including phenoxy) is 1. The van der Waals surface area contributed by atoms with Crippen molar-refractivity contribution in [3.05, 3.63) is 18.1 Å². The molecule has 0 spiro atoms. The van der Waals surface area contributed by atoms with Crippen molar-refractivity contribution in [2.75, 3.05) is 0 Å². The van der Waals surface area contributed by atoms with Gasteiger partial charge >= 0.3 is 0 Å². The maximum Gasteiger partial charge on any atom is 0.232 e. The van der Waals surface area contributed by atoms with Gasteiger partial charge in [0, 0.05) is 0 Å². The first kappa shape index (κ1) is 11.3. The molecule has 0 unspecified atom stereocenters. The topological polar surface area (TPSA) is 55.2 Å². The second-order valence-electron chi connectivity index (χ2n) is 4.24. The van der Waals surface area contributed by atoms with Crippen molar-refractivity contribution in [1.82, 2.24) is 9.97 Å². The van der Waals surface area contributed by atoms with Gasteiger partial charge in [-0.3, -0.25) is 4.98 Å². The van der Waals surface area contributed by atoms with Gasteiger partial charge in [-0.1, -0.05) is 12.8 Å². The van der Waals surface area contributed by atoms with Crippen LogP contribution < -0.4 is 4.74 Å². The molecule has 88 valence electrons. The van der Waals surface area contributed by atoms with Crippen LogP contribution >= 0.6 is 0 Å². The summed E-state index contributed by atoms with van der Waals surface area (Å²) in [6, 6.07) is 0. The van der Waals surface area contributed by atoms with E-state index in [-0.39, 0.29) is 12.7 Å². The van der Waals surface area contributed by atoms with E-state index in [9.17, 15) is 0 Å². The highest BCUT2D eigenvalue weighted by Gasteiger charge is 2.14. The van der Waals surface area contributed by atoms with Gasteiger partial charge < -0.3 is 9.84 Å². The molecule has 0 amide bonds. The molecule has 1 aliphatic carbocycles. The number of nitrogens with zero attached hydrogens (tertiary/aromatic N) is 2. The number of aliphatic hydroxyl groups is 1. The molecule has 0 atom stereocenters. The number of aliphatic hydroxyl groups excluding tert-OH is 1. The molecular weight excluding hydrogens is 204 g/mol. The predicted octanol–water partition coefficient (Wildman–Crippen LogP) is 2.07. The van der Waals surface area contributed by atoms with E-state index < -0.39 is 0 Å². The monoisotopic (exact) mass is 222 g/mol. The van der Waals surface area contributed by atoms with E-state index in [0.29, 0.717) is 11.6 Å². The van der Waals surface area contributed by atoms with Crippen molar-refractivity contribution in [1.29, 1.82) is 0 Å². The van der Waals surface area contributed by atoms with E-state index in [1.165, 1.54) is 25.7 Å². The van der Waals surface area contributed by atoms with E-state index in [0.717, 1.165) is 12.8 Å². The zero-order valence-corrected chi connectivity index (χ0v) is 9.43.